The average Bonchev–Trinajstić information content (AvgIpc) is 3.41. The van der Waals surface area contributed by atoms with Crippen LogP contribution in [-0.4, -0.2) is 46.1 Å². The van der Waals surface area contributed by atoms with Gasteiger partial charge in [-0.25, -0.2) is 4.39 Å². The molecule has 0 bridgehead atoms. The van der Waals surface area contributed by atoms with E-state index >= 15 is 0 Å². The van der Waals surface area contributed by atoms with E-state index in [-0.39, 0.29) is 36.3 Å². The molecule has 1 aliphatic carbocycles. The highest BCUT2D eigenvalue weighted by atomic mass is 35.5. The zero-order chi connectivity index (χ0) is 19.8. The summed E-state index contributed by atoms with van der Waals surface area (Å²) in [6, 6.07) is 8.21. The van der Waals surface area contributed by atoms with Crippen LogP contribution in [0.5, 0.6) is 0 Å². The Morgan fingerprint density at radius 1 is 1.29 bits per heavy atom. The van der Waals surface area contributed by atoms with Gasteiger partial charge in [0.2, 0.25) is 11.8 Å². The molecule has 0 radical (unpaired) electrons. The maximum atomic E-state index is 13.4. The lowest BCUT2D eigenvalue weighted by Gasteiger charge is -2.37. The Kier molecular flexibility index (Phi) is 5.43. The first-order valence-electron chi connectivity index (χ1n) is 9.51. The Morgan fingerprint density at radius 2 is 2.00 bits per heavy atom. The van der Waals surface area contributed by atoms with Crippen LogP contribution in [0, 0.1) is 5.82 Å². The lowest BCUT2D eigenvalue weighted by Crippen LogP contribution is -2.48. The van der Waals surface area contributed by atoms with Crippen molar-refractivity contribution in [2.24, 2.45) is 0 Å². The van der Waals surface area contributed by atoms with Gasteiger partial charge >= 0.3 is 0 Å². The summed E-state index contributed by atoms with van der Waals surface area (Å²) < 4.78 is 13.4. The van der Waals surface area contributed by atoms with Crippen LogP contribution in [-0.2, 0) is 16.0 Å². The minimum absolute atomic E-state index is 0.0394. The number of hydrogen-bond donors (Lipinski definition) is 0. The van der Waals surface area contributed by atoms with Gasteiger partial charge in [-0.05, 0) is 60.9 Å². The molecule has 1 aliphatic heterocycles. The molecule has 4 rings (SSSR count). The summed E-state index contributed by atoms with van der Waals surface area (Å²) in [6.45, 7) is 2.26. The van der Waals surface area contributed by atoms with Gasteiger partial charge in [-0.2, -0.15) is 0 Å². The number of benzene rings is 1. The number of amides is 2. The Bertz CT molecular complexity index is 879. The van der Waals surface area contributed by atoms with Gasteiger partial charge in [-0.1, -0.05) is 12.1 Å². The van der Waals surface area contributed by atoms with Crippen LogP contribution in [0.2, 0.25) is 0 Å². The van der Waals surface area contributed by atoms with Crippen molar-refractivity contribution in [3.05, 3.63) is 57.5 Å². The van der Waals surface area contributed by atoms with E-state index in [1.54, 1.807) is 35.3 Å². The first kappa shape index (κ1) is 19.4. The second-order valence-corrected chi connectivity index (χ2v) is 9.06. The molecule has 7 heteroatoms. The van der Waals surface area contributed by atoms with E-state index in [2.05, 4.69) is 0 Å². The normalized spacial score (nSPS) is 19.8. The summed E-state index contributed by atoms with van der Waals surface area (Å²) in [5.74, 6) is -0.586. The number of carbonyl (C=O) groups excluding carboxylic acids is 2. The van der Waals surface area contributed by atoms with Gasteiger partial charge in [0.05, 0.1) is 6.04 Å². The van der Waals surface area contributed by atoms with Crippen molar-refractivity contribution in [3.63, 3.8) is 0 Å². The van der Waals surface area contributed by atoms with E-state index in [0.717, 1.165) is 30.4 Å². The van der Waals surface area contributed by atoms with Gasteiger partial charge < -0.3 is 9.80 Å². The fraction of sp³-hybridized carbons (Fsp3) is 0.429. The van der Waals surface area contributed by atoms with Crippen LogP contribution in [0.3, 0.4) is 0 Å². The van der Waals surface area contributed by atoms with Gasteiger partial charge in [-0.3, -0.25) is 9.59 Å². The molecule has 2 heterocycles. The van der Waals surface area contributed by atoms with Crippen molar-refractivity contribution in [2.75, 3.05) is 13.1 Å². The van der Waals surface area contributed by atoms with Crippen LogP contribution in [0.1, 0.15) is 41.8 Å². The number of nitrogens with zero attached hydrogens (tertiary/aromatic N) is 2. The standard InChI is InChI=1S/C21H22ClFN2O2S/c1-13(22)21(27)25(16-6-7-16)12-19(26)24-10-8-18-17(9-11-28-18)20(24)14-2-4-15(23)5-3-14/h2-5,9,11,13,16,20H,6-8,10,12H2,1H3/t13-,20+/m1/s1. The third-order valence-electron chi connectivity index (χ3n) is 5.39. The fourth-order valence-electron chi connectivity index (χ4n) is 3.83. The second-order valence-electron chi connectivity index (χ2n) is 7.40. The molecule has 1 aromatic heterocycles. The molecule has 148 valence electrons. The van der Waals surface area contributed by atoms with Crippen LogP contribution < -0.4 is 0 Å². The molecule has 2 atom stereocenters. The minimum atomic E-state index is -0.647. The molecule has 28 heavy (non-hydrogen) atoms. The predicted octanol–water partition coefficient (Wildman–Crippen LogP) is 3.98. The molecular weight excluding hydrogens is 399 g/mol. The van der Waals surface area contributed by atoms with Crippen LogP contribution >= 0.6 is 22.9 Å². The Hall–Kier alpha value is -1.92. The molecule has 0 unspecified atom stereocenters. The topological polar surface area (TPSA) is 40.6 Å². The third-order valence-corrected chi connectivity index (χ3v) is 6.57. The Labute approximate surface area is 172 Å². The van der Waals surface area contributed by atoms with Crippen molar-refractivity contribution in [2.45, 2.75) is 43.6 Å². The minimum Gasteiger partial charge on any atom is -0.330 e. The maximum Gasteiger partial charge on any atom is 0.243 e. The van der Waals surface area contributed by atoms with E-state index in [4.69, 9.17) is 11.6 Å². The molecule has 0 N–H and O–H groups in total. The van der Waals surface area contributed by atoms with Gasteiger partial charge in [0.15, 0.2) is 0 Å². The number of carbonyl (C=O) groups is 2. The smallest absolute Gasteiger partial charge is 0.243 e. The molecular formula is C21H22ClFN2O2S. The lowest BCUT2D eigenvalue weighted by atomic mass is 9.93. The SMILES string of the molecule is C[C@@H](Cl)C(=O)N(CC(=O)N1CCc2sccc2[C@@H]1c1ccc(F)cc1)C1CC1. The average molecular weight is 421 g/mol. The molecule has 2 amide bonds. The zero-order valence-electron chi connectivity index (χ0n) is 15.6. The lowest BCUT2D eigenvalue weighted by molar-refractivity contribution is -0.141. The van der Waals surface area contributed by atoms with E-state index in [1.165, 1.54) is 17.0 Å². The monoisotopic (exact) mass is 420 g/mol. The predicted molar refractivity (Wildman–Crippen MR) is 108 cm³/mol. The maximum absolute atomic E-state index is 13.4. The molecule has 1 fully saturated rings. The highest BCUT2D eigenvalue weighted by molar-refractivity contribution is 7.10. The van der Waals surface area contributed by atoms with E-state index < -0.39 is 5.38 Å². The second kappa shape index (κ2) is 7.84. The van der Waals surface area contributed by atoms with E-state index in [1.807, 2.05) is 16.3 Å². The number of hydrogen-bond acceptors (Lipinski definition) is 3. The Morgan fingerprint density at radius 3 is 2.64 bits per heavy atom. The van der Waals surface area contributed by atoms with Crippen LogP contribution in [0.25, 0.3) is 0 Å². The van der Waals surface area contributed by atoms with Crippen LogP contribution in [0.4, 0.5) is 4.39 Å². The van der Waals surface area contributed by atoms with E-state index in [9.17, 15) is 14.0 Å². The number of alkyl halides is 1. The molecule has 4 nitrogen and oxygen atoms in total. The molecule has 0 spiro atoms. The summed E-state index contributed by atoms with van der Waals surface area (Å²) in [7, 11) is 0. The first-order chi connectivity index (χ1) is 13.5. The molecule has 2 aromatic rings. The number of rotatable bonds is 5. The summed E-state index contributed by atoms with van der Waals surface area (Å²) in [5, 5.41) is 1.39. The summed E-state index contributed by atoms with van der Waals surface area (Å²) in [6.07, 6.45) is 2.62. The first-order valence-corrected chi connectivity index (χ1v) is 10.8. The van der Waals surface area contributed by atoms with Crippen molar-refractivity contribution >= 4 is 34.8 Å². The summed E-state index contributed by atoms with van der Waals surface area (Å²) >= 11 is 7.69. The van der Waals surface area contributed by atoms with Crippen molar-refractivity contribution in [3.8, 4) is 0 Å². The fourth-order valence-corrected chi connectivity index (χ4v) is 4.86. The molecule has 0 saturated heterocycles. The zero-order valence-corrected chi connectivity index (χ0v) is 17.2. The highest BCUT2D eigenvalue weighted by Crippen LogP contribution is 2.38. The molecule has 1 saturated carbocycles. The summed E-state index contributed by atoms with van der Waals surface area (Å²) in [5.41, 5.74) is 1.97. The number of halogens is 2. The number of thiophene rings is 1. The quantitative estimate of drug-likeness (QED) is 0.686. The van der Waals surface area contributed by atoms with Gasteiger partial charge in [0.25, 0.3) is 0 Å². The van der Waals surface area contributed by atoms with E-state index in [0.29, 0.717) is 6.54 Å². The summed E-state index contributed by atoms with van der Waals surface area (Å²) in [4.78, 5) is 30.4. The van der Waals surface area contributed by atoms with Gasteiger partial charge in [0, 0.05) is 17.5 Å². The number of fused-ring (bicyclic) bond motifs is 1. The van der Waals surface area contributed by atoms with Crippen molar-refractivity contribution in [1.29, 1.82) is 0 Å². The highest BCUT2D eigenvalue weighted by Gasteiger charge is 2.38. The molecule has 1 aromatic carbocycles. The molecule has 2 aliphatic rings. The van der Waals surface area contributed by atoms with Gasteiger partial charge in [-0.15, -0.1) is 22.9 Å². The third kappa shape index (κ3) is 3.80. The largest absolute Gasteiger partial charge is 0.330 e. The van der Waals surface area contributed by atoms with Crippen molar-refractivity contribution in [1.82, 2.24) is 9.80 Å². The Balaban J connectivity index is 1.62. The van der Waals surface area contributed by atoms with Gasteiger partial charge in [0.1, 0.15) is 17.7 Å². The van der Waals surface area contributed by atoms with Crippen molar-refractivity contribution < 1.29 is 14.0 Å². The van der Waals surface area contributed by atoms with Crippen LogP contribution in [0.15, 0.2) is 35.7 Å².